The average Bonchev–Trinajstić information content (AvgIpc) is 2.68. The summed E-state index contributed by atoms with van der Waals surface area (Å²) in [7, 11) is 1.64. The van der Waals surface area contributed by atoms with E-state index in [0.717, 1.165) is 43.3 Å². The number of ether oxygens (including phenoxy) is 2. The van der Waals surface area contributed by atoms with E-state index in [2.05, 4.69) is 15.6 Å². The largest absolute Gasteiger partial charge is 0.497 e. The van der Waals surface area contributed by atoms with Gasteiger partial charge in [0.1, 0.15) is 11.5 Å². The van der Waals surface area contributed by atoms with Crippen LogP contribution in [0.15, 0.2) is 29.3 Å². The number of nitrogens with zero attached hydrogens (tertiary/aromatic N) is 2. The summed E-state index contributed by atoms with van der Waals surface area (Å²) in [5, 5.41) is 6.71. The molecule has 8 heteroatoms. The number of hydrogen-bond donors (Lipinski definition) is 3. The lowest BCUT2D eigenvalue weighted by Crippen LogP contribution is -2.50. The van der Waals surface area contributed by atoms with Crippen molar-refractivity contribution < 1.29 is 14.3 Å². The minimum absolute atomic E-state index is 0.298. The highest BCUT2D eigenvalue weighted by molar-refractivity contribution is 5.80. The maximum absolute atomic E-state index is 11.2. The van der Waals surface area contributed by atoms with Gasteiger partial charge >= 0.3 is 6.03 Å². The molecule has 1 aliphatic heterocycles. The van der Waals surface area contributed by atoms with Crippen molar-refractivity contribution in [2.75, 3.05) is 39.9 Å². The summed E-state index contributed by atoms with van der Waals surface area (Å²) in [6, 6.07) is 7.53. The number of primary amides is 1. The van der Waals surface area contributed by atoms with E-state index in [0.29, 0.717) is 32.3 Å². The van der Waals surface area contributed by atoms with Crippen molar-refractivity contribution in [2.45, 2.75) is 32.2 Å². The topological polar surface area (TPSA) is 101 Å². The molecule has 1 aromatic carbocycles. The Labute approximate surface area is 161 Å². The number of aliphatic imine (C=N–C) groups is 1. The third-order valence-corrected chi connectivity index (χ3v) is 4.37. The molecule has 0 aliphatic carbocycles. The molecule has 0 radical (unpaired) electrons. The molecule has 4 N–H and O–H groups in total. The highest BCUT2D eigenvalue weighted by Gasteiger charge is 2.21. The van der Waals surface area contributed by atoms with Crippen molar-refractivity contribution in [3.63, 3.8) is 0 Å². The van der Waals surface area contributed by atoms with Crippen LogP contribution in [-0.2, 0) is 0 Å². The maximum atomic E-state index is 11.2. The quantitative estimate of drug-likeness (QED) is 0.363. The van der Waals surface area contributed by atoms with Crippen molar-refractivity contribution in [1.82, 2.24) is 15.5 Å². The van der Waals surface area contributed by atoms with Gasteiger partial charge in [-0.3, -0.25) is 4.99 Å². The monoisotopic (exact) mass is 377 g/mol. The summed E-state index contributed by atoms with van der Waals surface area (Å²) in [6.45, 7) is 5.46. The lowest BCUT2D eigenvalue weighted by molar-refractivity contribution is 0.188. The fraction of sp³-hybridized carbons (Fsp3) is 0.579. The number of amides is 2. The van der Waals surface area contributed by atoms with Crippen LogP contribution in [0.2, 0.25) is 0 Å². The fourth-order valence-electron chi connectivity index (χ4n) is 2.89. The number of carbonyl (C=O) groups excluding carboxylic acids is 1. The second kappa shape index (κ2) is 11.2. The minimum atomic E-state index is -0.343. The van der Waals surface area contributed by atoms with Gasteiger partial charge in [0.05, 0.1) is 13.7 Å². The molecule has 1 saturated heterocycles. The van der Waals surface area contributed by atoms with E-state index in [1.54, 1.807) is 12.0 Å². The Balaban J connectivity index is 1.72. The van der Waals surface area contributed by atoms with Gasteiger partial charge in [-0.1, -0.05) is 6.07 Å². The zero-order valence-electron chi connectivity index (χ0n) is 16.2. The fourth-order valence-corrected chi connectivity index (χ4v) is 2.89. The van der Waals surface area contributed by atoms with Crippen LogP contribution in [0.25, 0.3) is 0 Å². The molecule has 0 atom stereocenters. The molecular formula is C19H31N5O3. The number of urea groups is 1. The number of guanidine groups is 1. The first kappa shape index (κ1) is 20.7. The predicted molar refractivity (Wildman–Crippen MR) is 106 cm³/mol. The summed E-state index contributed by atoms with van der Waals surface area (Å²) in [5.74, 6) is 2.38. The third kappa shape index (κ3) is 7.24. The molecule has 1 aromatic rings. The van der Waals surface area contributed by atoms with Crippen LogP contribution < -0.4 is 25.8 Å². The maximum Gasteiger partial charge on any atom is 0.314 e. The molecule has 150 valence electrons. The highest BCUT2D eigenvalue weighted by Crippen LogP contribution is 2.18. The normalized spacial score (nSPS) is 15.3. The molecule has 1 heterocycles. The van der Waals surface area contributed by atoms with E-state index in [4.69, 9.17) is 15.2 Å². The van der Waals surface area contributed by atoms with Gasteiger partial charge in [0.2, 0.25) is 0 Å². The lowest BCUT2D eigenvalue weighted by Gasteiger charge is -2.32. The van der Waals surface area contributed by atoms with Crippen LogP contribution in [0.5, 0.6) is 11.5 Å². The van der Waals surface area contributed by atoms with Crippen molar-refractivity contribution >= 4 is 12.0 Å². The zero-order chi connectivity index (χ0) is 19.5. The summed E-state index contributed by atoms with van der Waals surface area (Å²) < 4.78 is 10.9. The van der Waals surface area contributed by atoms with Crippen LogP contribution in [0.4, 0.5) is 4.79 Å². The van der Waals surface area contributed by atoms with Gasteiger partial charge in [-0.05, 0) is 31.9 Å². The van der Waals surface area contributed by atoms with Crippen LogP contribution in [0.1, 0.15) is 26.2 Å². The van der Waals surface area contributed by atoms with E-state index < -0.39 is 0 Å². The van der Waals surface area contributed by atoms with E-state index in [1.165, 1.54) is 0 Å². The Morgan fingerprint density at radius 1 is 1.33 bits per heavy atom. The molecule has 2 rings (SSSR count). The molecule has 0 unspecified atom stereocenters. The molecule has 0 bridgehead atoms. The molecule has 0 saturated carbocycles. The van der Waals surface area contributed by atoms with Gasteiger partial charge < -0.3 is 30.7 Å². The number of methoxy groups -OCH3 is 1. The minimum Gasteiger partial charge on any atom is -0.497 e. The van der Waals surface area contributed by atoms with Gasteiger partial charge in [-0.15, -0.1) is 0 Å². The first-order valence-electron chi connectivity index (χ1n) is 9.48. The standard InChI is InChI=1S/C19H31N5O3/c1-3-21-19(23-15-8-11-24(12-9-15)18(20)25)22-10-5-13-27-17-7-4-6-16(14-17)26-2/h4,6-7,14-15H,3,5,8-13H2,1-2H3,(H2,20,25)(H2,21,22,23). The molecule has 1 aliphatic rings. The van der Waals surface area contributed by atoms with Crippen LogP contribution in [0, 0.1) is 0 Å². The Kier molecular flexibility index (Phi) is 8.54. The SMILES string of the molecule is CCNC(=NCCCOc1cccc(OC)c1)NC1CCN(C(N)=O)CC1. The van der Waals surface area contributed by atoms with Gasteiger partial charge in [-0.2, -0.15) is 0 Å². The first-order valence-corrected chi connectivity index (χ1v) is 9.48. The Morgan fingerprint density at radius 3 is 2.74 bits per heavy atom. The van der Waals surface area contributed by atoms with E-state index >= 15 is 0 Å². The lowest BCUT2D eigenvalue weighted by atomic mass is 10.1. The zero-order valence-corrected chi connectivity index (χ0v) is 16.2. The summed E-state index contributed by atoms with van der Waals surface area (Å²) in [6.07, 6.45) is 2.55. The number of likely N-dealkylation sites (tertiary alicyclic amines) is 1. The molecule has 8 nitrogen and oxygen atoms in total. The average molecular weight is 377 g/mol. The van der Waals surface area contributed by atoms with Crippen molar-refractivity contribution in [2.24, 2.45) is 10.7 Å². The molecule has 0 spiro atoms. The number of hydrogen-bond acceptors (Lipinski definition) is 4. The van der Waals surface area contributed by atoms with E-state index in [9.17, 15) is 4.79 Å². The van der Waals surface area contributed by atoms with E-state index in [1.807, 2.05) is 31.2 Å². The van der Waals surface area contributed by atoms with E-state index in [-0.39, 0.29) is 6.03 Å². The van der Waals surface area contributed by atoms with Gasteiger partial charge in [0.15, 0.2) is 5.96 Å². The van der Waals surface area contributed by atoms with Gasteiger partial charge in [-0.25, -0.2) is 4.79 Å². The highest BCUT2D eigenvalue weighted by atomic mass is 16.5. The second-order valence-electron chi connectivity index (χ2n) is 6.39. The van der Waals surface area contributed by atoms with Gasteiger partial charge in [0, 0.05) is 44.7 Å². The number of nitrogens with two attached hydrogens (primary N) is 1. The summed E-state index contributed by atoms with van der Waals surface area (Å²) in [5.41, 5.74) is 5.33. The number of rotatable bonds is 8. The molecule has 27 heavy (non-hydrogen) atoms. The third-order valence-electron chi connectivity index (χ3n) is 4.37. The Morgan fingerprint density at radius 2 is 2.07 bits per heavy atom. The first-order chi connectivity index (χ1) is 13.1. The van der Waals surface area contributed by atoms with Crippen LogP contribution in [-0.4, -0.2) is 62.8 Å². The number of benzene rings is 1. The Bertz CT molecular complexity index is 615. The number of nitrogens with one attached hydrogen (secondary N) is 2. The molecular weight excluding hydrogens is 346 g/mol. The van der Waals surface area contributed by atoms with Gasteiger partial charge in [0.25, 0.3) is 0 Å². The number of piperidine rings is 1. The van der Waals surface area contributed by atoms with Crippen LogP contribution in [0.3, 0.4) is 0 Å². The summed E-state index contributed by atoms with van der Waals surface area (Å²) >= 11 is 0. The second-order valence-corrected chi connectivity index (χ2v) is 6.39. The summed E-state index contributed by atoms with van der Waals surface area (Å²) in [4.78, 5) is 17.5. The van der Waals surface area contributed by atoms with Crippen LogP contribution >= 0.6 is 0 Å². The molecule has 2 amide bonds. The van der Waals surface area contributed by atoms with Crippen molar-refractivity contribution in [3.05, 3.63) is 24.3 Å². The number of carbonyl (C=O) groups is 1. The van der Waals surface area contributed by atoms with Crippen molar-refractivity contribution in [1.29, 1.82) is 0 Å². The van der Waals surface area contributed by atoms with Crippen molar-refractivity contribution in [3.8, 4) is 11.5 Å². The predicted octanol–water partition coefficient (Wildman–Crippen LogP) is 1.56. The smallest absolute Gasteiger partial charge is 0.314 e. The molecule has 1 fully saturated rings. The Hall–Kier alpha value is -2.64. The molecule has 0 aromatic heterocycles.